The topological polar surface area (TPSA) is 231 Å². The molecule has 2 heterocycles. The van der Waals surface area contributed by atoms with E-state index in [-0.39, 0.29) is 26.1 Å². The molecule has 0 radical (unpaired) electrons. The number of carbonyl (C=O) groups is 2. The highest BCUT2D eigenvalue weighted by atomic mass is 16.7. The van der Waals surface area contributed by atoms with Gasteiger partial charge >= 0.3 is 11.9 Å². The van der Waals surface area contributed by atoms with Crippen LogP contribution in [0.5, 0.6) is 0 Å². The lowest BCUT2D eigenvalue weighted by Gasteiger charge is -2.42. The first-order valence-corrected chi connectivity index (χ1v) is 30.1. The van der Waals surface area contributed by atoms with Crippen LogP contribution in [-0.4, -0.2) is 142 Å². The van der Waals surface area contributed by atoms with Gasteiger partial charge in [0.2, 0.25) is 0 Å². The quantitative estimate of drug-likeness (QED) is 0.0222. The number of carbonyl (C=O) groups excluding carboxylic acids is 2. The van der Waals surface area contributed by atoms with E-state index in [2.05, 4.69) is 13.8 Å². The van der Waals surface area contributed by atoms with Gasteiger partial charge in [0.05, 0.1) is 19.8 Å². The fraction of sp³-hybridized carbons (Fsp3) is 0.966. The Morgan fingerprint density at radius 2 is 0.699 bits per heavy atom. The maximum absolute atomic E-state index is 13.1. The third kappa shape index (κ3) is 32.8. The van der Waals surface area contributed by atoms with E-state index in [0.717, 1.165) is 38.5 Å². The van der Waals surface area contributed by atoms with E-state index in [0.29, 0.717) is 12.8 Å². The predicted molar refractivity (Wildman–Crippen MR) is 285 cm³/mol. The Morgan fingerprint density at radius 1 is 0.384 bits per heavy atom. The van der Waals surface area contributed by atoms with Gasteiger partial charge in [-0.2, -0.15) is 0 Å². The molecule has 0 aromatic carbocycles. The van der Waals surface area contributed by atoms with E-state index in [1.807, 2.05) is 0 Å². The van der Waals surface area contributed by atoms with Crippen molar-refractivity contribution in [1.82, 2.24) is 0 Å². The average molecular weight is 1050 g/mol. The van der Waals surface area contributed by atoms with E-state index in [4.69, 9.17) is 28.4 Å². The molecule has 7 N–H and O–H groups in total. The van der Waals surface area contributed by atoms with Crippen LogP contribution in [0.25, 0.3) is 0 Å². The molecule has 2 saturated heterocycles. The summed E-state index contributed by atoms with van der Waals surface area (Å²) in [6.07, 6.45) is 29.8. The Hall–Kier alpha value is -1.50. The first-order chi connectivity index (χ1) is 35.5. The molecule has 0 aliphatic carbocycles. The van der Waals surface area contributed by atoms with Crippen LogP contribution < -0.4 is 0 Å². The van der Waals surface area contributed by atoms with Gasteiger partial charge in [0.25, 0.3) is 0 Å². The first-order valence-electron chi connectivity index (χ1n) is 30.1. The second-order valence-corrected chi connectivity index (χ2v) is 21.5. The van der Waals surface area contributed by atoms with Gasteiger partial charge in [0.1, 0.15) is 55.4 Å². The van der Waals surface area contributed by atoms with E-state index >= 15 is 0 Å². The molecule has 2 aliphatic heterocycles. The minimum absolute atomic E-state index is 0.174. The number of unbranched alkanes of at least 4 members (excludes halogenated alkanes) is 35. The zero-order chi connectivity index (χ0) is 53.2. The zero-order valence-corrected chi connectivity index (χ0v) is 46.2. The third-order valence-electron chi connectivity index (χ3n) is 14.8. The van der Waals surface area contributed by atoms with Gasteiger partial charge in [-0.25, -0.2) is 0 Å². The molecule has 0 aromatic rings. The van der Waals surface area contributed by atoms with Crippen LogP contribution in [0.4, 0.5) is 0 Å². The third-order valence-corrected chi connectivity index (χ3v) is 14.8. The summed E-state index contributed by atoms with van der Waals surface area (Å²) in [6, 6.07) is 0. The van der Waals surface area contributed by atoms with Crippen molar-refractivity contribution in [3.63, 3.8) is 0 Å². The van der Waals surface area contributed by atoms with Crippen LogP contribution in [0.2, 0.25) is 0 Å². The van der Waals surface area contributed by atoms with Crippen LogP contribution in [0.15, 0.2) is 0 Å². The number of hydrogen-bond acceptors (Lipinski definition) is 15. The van der Waals surface area contributed by atoms with Crippen molar-refractivity contribution in [2.75, 3.05) is 26.4 Å². The number of rotatable bonds is 49. The molecule has 0 bridgehead atoms. The maximum atomic E-state index is 13.1. The predicted octanol–water partition coefficient (Wildman–Crippen LogP) is 10.3. The van der Waals surface area contributed by atoms with Crippen LogP contribution in [0, 0.1) is 0 Å². The highest BCUT2D eigenvalue weighted by Crippen LogP contribution is 2.27. The van der Waals surface area contributed by atoms with E-state index in [1.165, 1.54) is 186 Å². The normalized spacial score (nSPS) is 24.7. The molecule has 0 spiro atoms. The summed E-state index contributed by atoms with van der Waals surface area (Å²) in [5, 5.41) is 72.3. The molecule has 0 saturated carbocycles. The molecule has 15 heteroatoms. The number of aliphatic hydroxyl groups excluding tert-OH is 7. The van der Waals surface area contributed by atoms with Gasteiger partial charge in [0, 0.05) is 12.8 Å². The van der Waals surface area contributed by atoms with Crippen molar-refractivity contribution in [3.05, 3.63) is 0 Å². The van der Waals surface area contributed by atoms with Crippen molar-refractivity contribution >= 4 is 11.9 Å². The van der Waals surface area contributed by atoms with Gasteiger partial charge in [0.15, 0.2) is 18.7 Å². The standard InChI is InChI=1S/C58H110O15/c1-3-5-7-9-11-13-15-17-19-20-21-22-23-24-25-27-29-31-33-35-37-39-41-50(61)71-46(43-68-49(60)40-38-36-34-32-30-28-26-18-16-14-12-10-8-6-4-2)44-69-57-56(67)54(65)52(63)48(73-57)45-70-58-55(66)53(64)51(62)47(42-59)72-58/h46-48,51-59,62-67H,3-45H2,1-2H3/t46-,47+,48+,51-,52-,53?,54?,55?,56?,57+,58+/m1/s1. The van der Waals surface area contributed by atoms with Crippen molar-refractivity contribution in [2.24, 2.45) is 0 Å². The van der Waals surface area contributed by atoms with Gasteiger partial charge in [-0.1, -0.05) is 239 Å². The lowest BCUT2D eigenvalue weighted by Crippen LogP contribution is -2.61. The Labute approximate surface area is 442 Å². The van der Waals surface area contributed by atoms with Crippen molar-refractivity contribution in [1.29, 1.82) is 0 Å². The molecular formula is C58H110O15. The second-order valence-electron chi connectivity index (χ2n) is 21.5. The molecule has 2 aliphatic rings. The van der Waals surface area contributed by atoms with Gasteiger partial charge in [-0.3, -0.25) is 9.59 Å². The average Bonchev–Trinajstić information content (AvgIpc) is 3.38. The van der Waals surface area contributed by atoms with Crippen LogP contribution in [0.1, 0.15) is 264 Å². The van der Waals surface area contributed by atoms with Crippen molar-refractivity contribution in [2.45, 2.75) is 332 Å². The summed E-state index contributed by atoms with van der Waals surface area (Å²) in [5.74, 6) is -0.903. The fourth-order valence-corrected chi connectivity index (χ4v) is 9.93. The Bertz CT molecular complexity index is 1280. The fourth-order valence-electron chi connectivity index (χ4n) is 9.93. The van der Waals surface area contributed by atoms with E-state index in [9.17, 15) is 45.3 Å². The van der Waals surface area contributed by atoms with Crippen LogP contribution >= 0.6 is 0 Å². The van der Waals surface area contributed by atoms with Crippen LogP contribution in [0.3, 0.4) is 0 Å². The van der Waals surface area contributed by atoms with Crippen molar-refractivity contribution in [3.8, 4) is 0 Å². The smallest absolute Gasteiger partial charge is 0.306 e. The van der Waals surface area contributed by atoms with Gasteiger partial charge in [-0.05, 0) is 12.8 Å². The molecule has 0 aromatic heterocycles. The molecule has 73 heavy (non-hydrogen) atoms. The summed E-state index contributed by atoms with van der Waals surface area (Å²) < 4.78 is 33.7. The lowest BCUT2D eigenvalue weighted by atomic mass is 9.98. The van der Waals surface area contributed by atoms with E-state index < -0.39 is 92.7 Å². The maximum Gasteiger partial charge on any atom is 0.306 e. The van der Waals surface area contributed by atoms with Gasteiger partial charge in [-0.15, -0.1) is 0 Å². The van der Waals surface area contributed by atoms with Crippen LogP contribution in [-0.2, 0) is 38.0 Å². The number of esters is 2. The Balaban J connectivity index is 1.72. The highest BCUT2D eigenvalue weighted by molar-refractivity contribution is 5.70. The number of aliphatic hydroxyl groups is 7. The highest BCUT2D eigenvalue weighted by Gasteiger charge is 2.47. The summed E-state index contributed by atoms with van der Waals surface area (Å²) in [6.45, 7) is 2.66. The second kappa shape index (κ2) is 45.5. The number of hydrogen-bond donors (Lipinski definition) is 7. The molecule has 11 atom stereocenters. The molecule has 15 nitrogen and oxygen atoms in total. The minimum Gasteiger partial charge on any atom is -0.462 e. The summed E-state index contributed by atoms with van der Waals surface area (Å²) >= 11 is 0. The molecule has 4 unspecified atom stereocenters. The first kappa shape index (κ1) is 67.6. The molecule has 432 valence electrons. The largest absolute Gasteiger partial charge is 0.462 e. The Morgan fingerprint density at radius 3 is 1.07 bits per heavy atom. The molecule has 0 amide bonds. The zero-order valence-electron chi connectivity index (χ0n) is 46.2. The van der Waals surface area contributed by atoms with Crippen molar-refractivity contribution < 1.29 is 73.8 Å². The van der Waals surface area contributed by atoms with E-state index in [1.54, 1.807) is 0 Å². The summed E-state index contributed by atoms with van der Waals surface area (Å²) in [4.78, 5) is 25.9. The monoisotopic (exact) mass is 1050 g/mol. The minimum atomic E-state index is -1.76. The summed E-state index contributed by atoms with van der Waals surface area (Å²) in [7, 11) is 0. The van der Waals surface area contributed by atoms with Gasteiger partial charge < -0.3 is 64.2 Å². The molecular weight excluding hydrogens is 937 g/mol. The lowest BCUT2D eigenvalue weighted by molar-refractivity contribution is -0.332. The Kier molecular flexibility index (Phi) is 42.2. The summed E-state index contributed by atoms with van der Waals surface area (Å²) in [5.41, 5.74) is 0. The SMILES string of the molecule is CCCCCCCCCCCCCCCCCCCCCCCCC(=O)O[C@H](COC(=O)CCCCCCCCCCCCCCCCC)CO[C@H]1O[C@@H](CO[C@H]2O[C@@H](CO)[C@@H](O)C(O)C2O)[C@@H](O)C(O)C1O. The molecule has 2 rings (SSSR count). The molecule has 2 fully saturated rings. The number of ether oxygens (including phenoxy) is 6.